The number of benzene rings is 1. The molecule has 2 N–H and O–H groups in total. The van der Waals surface area contributed by atoms with Crippen LogP contribution in [0.3, 0.4) is 0 Å². The number of halogens is 3. The highest BCUT2D eigenvalue weighted by Crippen LogP contribution is 2.42. The molecule has 2 amide bonds. The van der Waals surface area contributed by atoms with Crippen molar-refractivity contribution in [2.24, 2.45) is 5.92 Å². The Balaban J connectivity index is 1.58. The molecule has 29 heavy (non-hydrogen) atoms. The first-order valence-corrected chi connectivity index (χ1v) is 9.15. The molecule has 4 rings (SSSR count). The number of piperidine rings is 1. The molecule has 2 aliphatic heterocycles. The summed E-state index contributed by atoms with van der Waals surface area (Å²) in [5.41, 5.74) is 2.01. The molecule has 0 saturated carbocycles. The van der Waals surface area contributed by atoms with Gasteiger partial charge in [-0.05, 0) is 37.5 Å². The summed E-state index contributed by atoms with van der Waals surface area (Å²) in [4.78, 5) is 29.3. The molecule has 3 atom stereocenters. The van der Waals surface area contributed by atoms with E-state index < -0.39 is 36.0 Å². The number of para-hydroxylation sites is 1. The molecule has 1 aromatic carbocycles. The largest absolute Gasteiger partial charge is 0.455 e. The monoisotopic (exact) mass is 405 g/mol. The van der Waals surface area contributed by atoms with Crippen LogP contribution in [0.4, 0.5) is 13.2 Å². The number of nitrogens with zero attached hydrogens (tertiary/aromatic N) is 1. The lowest BCUT2D eigenvalue weighted by Gasteiger charge is -2.32. The number of pyridine rings is 1. The van der Waals surface area contributed by atoms with Gasteiger partial charge in [0.2, 0.25) is 11.8 Å². The summed E-state index contributed by atoms with van der Waals surface area (Å²) in [5.74, 6) is -1.73. The van der Waals surface area contributed by atoms with E-state index in [1.54, 1.807) is 36.5 Å². The lowest BCUT2D eigenvalue weighted by atomic mass is 9.91. The molecule has 0 radical (unpaired) electrons. The number of carbonyl (C=O) groups is 2. The van der Waals surface area contributed by atoms with Crippen molar-refractivity contribution in [1.82, 2.24) is 15.6 Å². The number of ether oxygens (including phenoxy) is 1. The van der Waals surface area contributed by atoms with Crippen LogP contribution in [0.15, 0.2) is 36.5 Å². The van der Waals surface area contributed by atoms with Crippen LogP contribution >= 0.6 is 0 Å². The van der Waals surface area contributed by atoms with Gasteiger partial charge in [0, 0.05) is 11.8 Å². The second-order valence-corrected chi connectivity index (χ2v) is 7.21. The third-order valence-electron chi connectivity index (χ3n) is 5.12. The van der Waals surface area contributed by atoms with E-state index in [2.05, 4.69) is 10.3 Å². The van der Waals surface area contributed by atoms with Gasteiger partial charge >= 0.3 is 6.18 Å². The average Bonchev–Trinajstić information content (AvgIpc) is 2.66. The molecule has 0 bridgehead atoms. The van der Waals surface area contributed by atoms with Gasteiger partial charge in [-0.3, -0.25) is 14.6 Å². The molecule has 1 saturated heterocycles. The van der Waals surface area contributed by atoms with E-state index in [9.17, 15) is 22.8 Å². The smallest absolute Gasteiger partial charge is 0.408 e. The van der Waals surface area contributed by atoms with Crippen LogP contribution in [-0.4, -0.2) is 29.0 Å². The number of rotatable bonds is 2. The predicted octanol–water partition coefficient (Wildman–Crippen LogP) is 3.16. The third-order valence-corrected chi connectivity index (χ3v) is 5.12. The molecule has 1 aromatic heterocycles. The van der Waals surface area contributed by atoms with Crippen LogP contribution < -0.4 is 15.4 Å². The molecule has 152 valence electrons. The third kappa shape index (κ3) is 3.64. The Morgan fingerprint density at radius 3 is 2.72 bits per heavy atom. The number of fused-ring (bicyclic) bond motifs is 2. The zero-order valence-electron chi connectivity index (χ0n) is 15.4. The number of aryl methyl sites for hydroxylation is 1. The molecule has 9 heteroatoms. The van der Waals surface area contributed by atoms with Gasteiger partial charge in [0.05, 0.1) is 0 Å². The predicted molar refractivity (Wildman–Crippen MR) is 96.2 cm³/mol. The Hall–Kier alpha value is -3.10. The van der Waals surface area contributed by atoms with E-state index in [-0.39, 0.29) is 12.8 Å². The number of hydrogen-bond acceptors (Lipinski definition) is 4. The number of aromatic nitrogens is 1. The molecule has 0 spiro atoms. The van der Waals surface area contributed by atoms with Crippen molar-refractivity contribution in [3.63, 3.8) is 0 Å². The SMILES string of the molecule is Cc1cnc2c(c1)Oc1ccccc1C2NC(=O)C1CCC(C(F)(F)F)NC1=O. The zero-order valence-corrected chi connectivity index (χ0v) is 15.4. The summed E-state index contributed by atoms with van der Waals surface area (Å²) >= 11 is 0. The topological polar surface area (TPSA) is 80.3 Å². The van der Waals surface area contributed by atoms with E-state index in [1.165, 1.54) is 0 Å². The van der Waals surface area contributed by atoms with Crippen molar-refractivity contribution in [3.8, 4) is 11.5 Å². The minimum atomic E-state index is -4.53. The van der Waals surface area contributed by atoms with Crippen molar-refractivity contribution in [2.75, 3.05) is 0 Å². The molecular formula is C20H18F3N3O3. The molecule has 2 aliphatic rings. The van der Waals surface area contributed by atoms with E-state index in [0.717, 1.165) is 5.56 Å². The molecule has 1 fully saturated rings. The van der Waals surface area contributed by atoms with Crippen molar-refractivity contribution >= 4 is 11.8 Å². The second-order valence-electron chi connectivity index (χ2n) is 7.21. The first-order chi connectivity index (χ1) is 13.7. The van der Waals surface area contributed by atoms with E-state index >= 15 is 0 Å². The maximum Gasteiger partial charge on any atom is 0.408 e. The van der Waals surface area contributed by atoms with Gasteiger partial charge in [0.15, 0.2) is 5.75 Å². The summed E-state index contributed by atoms with van der Waals surface area (Å²) in [6.07, 6.45) is -3.42. The number of hydrogen-bond donors (Lipinski definition) is 2. The average molecular weight is 405 g/mol. The summed E-state index contributed by atoms with van der Waals surface area (Å²) in [6.45, 7) is 1.86. The Morgan fingerprint density at radius 2 is 2.00 bits per heavy atom. The van der Waals surface area contributed by atoms with Gasteiger partial charge < -0.3 is 15.4 Å². The minimum absolute atomic E-state index is 0.180. The van der Waals surface area contributed by atoms with Gasteiger partial charge in [-0.2, -0.15) is 13.2 Å². The fourth-order valence-corrected chi connectivity index (χ4v) is 3.62. The van der Waals surface area contributed by atoms with Crippen molar-refractivity contribution in [1.29, 1.82) is 0 Å². The lowest BCUT2D eigenvalue weighted by Crippen LogP contribution is -2.54. The van der Waals surface area contributed by atoms with Crippen LogP contribution in [0.2, 0.25) is 0 Å². The van der Waals surface area contributed by atoms with E-state index in [0.29, 0.717) is 22.8 Å². The van der Waals surface area contributed by atoms with Crippen LogP contribution in [0.5, 0.6) is 11.5 Å². The Labute approximate surface area is 164 Å². The van der Waals surface area contributed by atoms with Gasteiger partial charge in [-0.25, -0.2) is 0 Å². The first-order valence-electron chi connectivity index (χ1n) is 9.15. The molecule has 3 unspecified atom stereocenters. The number of carbonyl (C=O) groups excluding carboxylic acids is 2. The molecular weight excluding hydrogens is 387 g/mol. The normalized spacial score (nSPS) is 23.3. The molecule has 3 heterocycles. The first kappa shape index (κ1) is 19.2. The highest BCUT2D eigenvalue weighted by atomic mass is 19.4. The quantitative estimate of drug-likeness (QED) is 0.753. The summed E-state index contributed by atoms with van der Waals surface area (Å²) in [6, 6.07) is 6.29. The van der Waals surface area contributed by atoms with Gasteiger partial charge in [-0.15, -0.1) is 0 Å². The summed E-state index contributed by atoms with van der Waals surface area (Å²) in [7, 11) is 0. The fourth-order valence-electron chi connectivity index (χ4n) is 3.62. The van der Waals surface area contributed by atoms with E-state index in [1.807, 2.05) is 12.2 Å². The van der Waals surface area contributed by atoms with E-state index in [4.69, 9.17) is 4.74 Å². The highest BCUT2D eigenvalue weighted by molar-refractivity contribution is 6.01. The second kappa shape index (κ2) is 7.06. The van der Waals surface area contributed by atoms with Crippen LogP contribution in [0.1, 0.15) is 35.7 Å². The van der Waals surface area contributed by atoms with Gasteiger partial charge in [0.1, 0.15) is 29.4 Å². The Morgan fingerprint density at radius 1 is 1.24 bits per heavy atom. The number of nitrogens with one attached hydrogen (secondary N) is 2. The Bertz CT molecular complexity index is 977. The van der Waals surface area contributed by atoms with Gasteiger partial charge in [0.25, 0.3) is 0 Å². The lowest BCUT2D eigenvalue weighted by molar-refractivity contribution is -0.171. The standard InChI is InChI=1S/C20H18F3N3O3/c1-10-8-14-17(24-9-10)16(11-4-2-3-5-13(11)29-14)26-19(28)12-6-7-15(20(21,22)23)25-18(12)27/h2-5,8-9,12,15-16H,6-7H2,1H3,(H,25,27)(H,26,28). The minimum Gasteiger partial charge on any atom is -0.455 e. The molecule has 0 aliphatic carbocycles. The molecule has 2 aromatic rings. The van der Waals surface area contributed by atoms with Crippen LogP contribution in [-0.2, 0) is 9.59 Å². The number of alkyl halides is 3. The summed E-state index contributed by atoms with van der Waals surface area (Å²) < 4.78 is 44.4. The fraction of sp³-hybridized carbons (Fsp3) is 0.350. The molecule has 6 nitrogen and oxygen atoms in total. The number of amides is 2. The van der Waals surface area contributed by atoms with Crippen molar-refractivity contribution in [3.05, 3.63) is 53.3 Å². The Kier molecular flexibility index (Phi) is 4.68. The maximum absolute atomic E-state index is 12.8. The van der Waals surface area contributed by atoms with Gasteiger partial charge in [-0.1, -0.05) is 18.2 Å². The zero-order chi connectivity index (χ0) is 20.8. The maximum atomic E-state index is 12.8. The van der Waals surface area contributed by atoms with Crippen molar-refractivity contribution in [2.45, 2.75) is 38.0 Å². The van der Waals surface area contributed by atoms with Crippen LogP contribution in [0.25, 0.3) is 0 Å². The highest BCUT2D eigenvalue weighted by Gasteiger charge is 2.46. The van der Waals surface area contributed by atoms with Crippen molar-refractivity contribution < 1.29 is 27.5 Å². The van der Waals surface area contributed by atoms with Crippen LogP contribution in [0, 0.1) is 12.8 Å². The summed E-state index contributed by atoms with van der Waals surface area (Å²) in [5, 5.41) is 4.69.